The van der Waals surface area contributed by atoms with Crippen molar-refractivity contribution < 1.29 is 22.7 Å². The second-order valence-corrected chi connectivity index (χ2v) is 7.82. The zero-order chi connectivity index (χ0) is 21.9. The number of amides is 1. The molecule has 9 heteroatoms. The van der Waals surface area contributed by atoms with Crippen molar-refractivity contribution in [1.82, 2.24) is 19.7 Å². The summed E-state index contributed by atoms with van der Waals surface area (Å²) in [7, 11) is 3.17. The number of rotatable bonds is 3. The lowest BCUT2D eigenvalue weighted by Gasteiger charge is -2.34. The summed E-state index contributed by atoms with van der Waals surface area (Å²) in [5.74, 6) is -3.84. The molecule has 2 aliphatic rings. The van der Waals surface area contributed by atoms with E-state index in [1.165, 1.54) is 7.11 Å². The number of aryl methyl sites for hydroxylation is 1. The van der Waals surface area contributed by atoms with E-state index in [0.29, 0.717) is 29.4 Å². The maximum absolute atomic E-state index is 13.9. The van der Waals surface area contributed by atoms with Crippen LogP contribution in [0, 0.1) is 17.5 Å². The summed E-state index contributed by atoms with van der Waals surface area (Å²) < 4.78 is 47.9. The molecule has 6 nitrogen and oxygen atoms in total. The number of pyridine rings is 1. The van der Waals surface area contributed by atoms with E-state index < -0.39 is 17.5 Å². The van der Waals surface area contributed by atoms with Crippen LogP contribution in [0.4, 0.5) is 13.2 Å². The molecular weight excluding hydrogens is 409 g/mol. The minimum absolute atomic E-state index is 0.0870. The van der Waals surface area contributed by atoms with Crippen molar-refractivity contribution in [2.24, 2.45) is 7.05 Å². The van der Waals surface area contributed by atoms with Gasteiger partial charge in [0.2, 0.25) is 5.88 Å². The number of ether oxygens (including phenoxy) is 1. The first-order chi connectivity index (χ1) is 14.9. The highest BCUT2D eigenvalue weighted by atomic mass is 19.2. The number of carbonyl (C=O) groups excluding carboxylic acids is 1. The molecule has 1 fully saturated rings. The van der Waals surface area contributed by atoms with Gasteiger partial charge in [0.1, 0.15) is 5.69 Å². The van der Waals surface area contributed by atoms with E-state index in [9.17, 15) is 18.0 Å². The Kier molecular flexibility index (Phi) is 4.49. The Morgan fingerprint density at radius 2 is 1.90 bits per heavy atom. The first kappa shape index (κ1) is 19.6. The molecule has 160 valence electrons. The first-order valence-electron chi connectivity index (χ1n) is 9.93. The normalized spacial score (nSPS) is 19.5. The molecule has 0 N–H and O–H groups in total. The number of methoxy groups -OCH3 is 1. The van der Waals surface area contributed by atoms with Gasteiger partial charge in [-0.25, -0.2) is 18.2 Å². The van der Waals surface area contributed by atoms with E-state index in [1.807, 2.05) is 0 Å². The number of benzene rings is 1. The lowest BCUT2D eigenvalue weighted by molar-refractivity contribution is 0.0635. The summed E-state index contributed by atoms with van der Waals surface area (Å²) >= 11 is 0. The third kappa shape index (κ3) is 2.98. The fourth-order valence-electron chi connectivity index (χ4n) is 4.79. The van der Waals surface area contributed by atoms with Crippen LogP contribution in [0.5, 0.6) is 5.88 Å². The van der Waals surface area contributed by atoms with E-state index >= 15 is 0 Å². The number of fused-ring (bicyclic) bond motifs is 4. The van der Waals surface area contributed by atoms with E-state index in [1.54, 1.807) is 34.8 Å². The number of hydrogen-bond donors (Lipinski definition) is 0. The SMILES string of the molecule is COc1cccc(C(=O)N2C3CCC2c2nn(C)c(-c4cc(F)c(F)c(F)c4)c2C3)n1. The first-order valence-corrected chi connectivity index (χ1v) is 9.93. The van der Waals surface area contributed by atoms with Gasteiger partial charge in [-0.1, -0.05) is 6.07 Å². The molecule has 1 saturated heterocycles. The highest BCUT2D eigenvalue weighted by Crippen LogP contribution is 2.46. The molecule has 3 aromatic rings. The van der Waals surface area contributed by atoms with E-state index in [0.717, 1.165) is 30.5 Å². The van der Waals surface area contributed by atoms with Crippen LogP contribution in [-0.4, -0.2) is 38.7 Å². The van der Waals surface area contributed by atoms with Crippen molar-refractivity contribution in [2.75, 3.05) is 7.11 Å². The molecule has 2 bridgehead atoms. The monoisotopic (exact) mass is 428 g/mol. The standard InChI is InChI=1S/C22H19F3N4O2/c1-28-21(11-8-14(23)19(25)15(24)9-11)13-10-12-6-7-17(20(13)27-28)29(12)22(30)16-4-3-5-18(26-16)31-2/h3-5,8-9,12,17H,6-7,10H2,1-2H3. The molecular formula is C22H19F3N4O2. The molecule has 4 heterocycles. The lowest BCUT2D eigenvalue weighted by Crippen LogP contribution is -2.42. The fourth-order valence-corrected chi connectivity index (χ4v) is 4.79. The molecule has 0 aliphatic carbocycles. The van der Waals surface area contributed by atoms with Crippen LogP contribution in [0.25, 0.3) is 11.3 Å². The molecule has 2 aliphatic heterocycles. The predicted molar refractivity (Wildman–Crippen MR) is 105 cm³/mol. The van der Waals surface area contributed by atoms with Crippen LogP contribution in [0.3, 0.4) is 0 Å². The Morgan fingerprint density at radius 3 is 2.61 bits per heavy atom. The lowest BCUT2D eigenvalue weighted by atomic mass is 9.94. The quantitative estimate of drug-likeness (QED) is 0.596. The van der Waals surface area contributed by atoms with Crippen LogP contribution >= 0.6 is 0 Å². The molecule has 1 aromatic carbocycles. The van der Waals surface area contributed by atoms with Gasteiger partial charge in [-0.05, 0) is 37.5 Å². The van der Waals surface area contributed by atoms with Gasteiger partial charge in [0.15, 0.2) is 17.5 Å². The van der Waals surface area contributed by atoms with Crippen molar-refractivity contribution in [3.63, 3.8) is 0 Å². The second-order valence-electron chi connectivity index (χ2n) is 7.82. The molecule has 2 aromatic heterocycles. The van der Waals surface area contributed by atoms with E-state index in [2.05, 4.69) is 10.1 Å². The highest BCUT2D eigenvalue weighted by Gasteiger charge is 2.46. The molecule has 2 atom stereocenters. The number of hydrogen-bond acceptors (Lipinski definition) is 4. The minimum atomic E-state index is -1.50. The summed E-state index contributed by atoms with van der Waals surface area (Å²) in [5.41, 5.74) is 2.59. The van der Waals surface area contributed by atoms with Crippen LogP contribution in [0.2, 0.25) is 0 Å². The van der Waals surface area contributed by atoms with Crippen LogP contribution < -0.4 is 4.74 Å². The molecule has 0 radical (unpaired) electrons. The third-order valence-electron chi connectivity index (χ3n) is 6.08. The Labute approximate surface area is 176 Å². The Hall–Kier alpha value is -3.36. The zero-order valence-corrected chi connectivity index (χ0v) is 16.9. The summed E-state index contributed by atoms with van der Waals surface area (Å²) in [4.78, 5) is 19.3. The van der Waals surface area contributed by atoms with Crippen molar-refractivity contribution >= 4 is 5.91 Å². The Bertz CT molecular complexity index is 1190. The highest BCUT2D eigenvalue weighted by molar-refractivity contribution is 5.93. The Morgan fingerprint density at radius 1 is 1.16 bits per heavy atom. The van der Waals surface area contributed by atoms with Gasteiger partial charge in [-0.15, -0.1) is 0 Å². The zero-order valence-electron chi connectivity index (χ0n) is 16.9. The van der Waals surface area contributed by atoms with Gasteiger partial charge in [-0.3, -0.25) is 9.48 Å². The maximum atomic E-state index is 13.9. The van der Waals surface area contributed by atoms with E-state index in [4.69, 9.17) is 4.74 Å². The predicted octanol–water partition coefficient (Wildman–Crippen LogP) is 3.81. The third-order valence-corrected chi connectivity index (χ3v) is 6.08. The molecule has 1 amide bonds. The number of halogens is 3. The largest absolute Gasteiger partial charge is 0.481 e. The summed E-state index contributed by atoms with van der Waals surface area (Å²) in [6.45, 7) is 0. The van der Waals surface area contributed by atoms with Crippen molar-refractivity contribution in [1.29, 1.82) is 0 Å². The number of carbonyl (C=O) groups is 1. The molecule has 0 saturated carbocycles. The van der Waals surface area contributed by atoms with Gasteiger partial charge in [-0.2, -0.15) is 5.10 Å². The van der Waals surface area contributed by atoms with Gasteiger partial charge in [0.25, 0.3) is 5.91 Å². The van der Waals surface area contributed by atoms with Crippen molar-refractivity contribution in [3.8, 4) is 17.1 Å². The van der Waals surface area contributed by atoms with Crippen LogP contribution in [0.1, 0.15) is 40.6 Å². The van der Waals surface area contributed by atoms with Gasteiger partial charge >= 0.3 is 0 Å². The second kappa shape index (κ2) is 7.11. The van der Waals surface area contributed by atoms with Gasteiger partial charge < -0.3 is 9.64 Å². The van der Waals surface area contributed by atoms with Gasteiger partial charge in [0.05, 0.1) is 24.5 Å². The molecule has 5 rings (SSSR count). The summed E-state index contributed by atoms with van der Waals surface area (Å²) in [6, 6.07) is 6.65. The average molecular weight is 428 g/mol. The minimum Gasteiger partial charge on any atom is -0.481 e. The smallest absolute Gasteiger partial charge is 0.273 e. The van der Waals surface area contributed by atoms with Crippen molar-refractivity contribution in [2.45, 2.75) is 31.3 Å². The molecule has 2 unspecified atom stereocenters. The fraction of sp³-hybridized carbons (Fsp3) is 0.318. The summed E-state index contributed by atoms with van der Waals surface area (Å²) in [6.07, 6.45) is 2.01. The molecule has 31 heavy (non-hydrogen) atoms. The van der Waals surface area contributed by atoms with Crippen molar-refractivity contribution in [3.05, 3.63) is 64.7 Å². The van der Waals surface area contributed by atoms with Crippen LogP contribution in [0.15, 0.2) is 30.3 Å². The van der Waals surface area contributed by atoms with Gasteiger partial charge in [0, 0.05) is 30.3 Å². The topological polar surface area (TPSA) is 60.2 Å². The summed E-state index contributed by atoms with van der Waals surface area (Å²) in [5, 5.41) is 4.59. The maximum Gasteiger partial charge on any atom is 0.273 e. The van der Waals surface area contributed by atoms with E-state index in [-0.39, 0.29) is 23.6 Å². The molecule has 0 spiro atoms. The van der Waals surface area contributed by atoms with Crippen LogP contribution in [-0.2, 0) is 13.5 Å². The number of nitrogens with zero attached hydrogens (tertiary/aromatic N) is 4. The number of aromatic nitrogens is 3. The Balaban J connectivity index is 1.55. The average Bonchev–Trinajstić information content (AvgIpc) is 3.27.